The van der Waals surface area contributed by atoms with Crippen LogP contribution in [0.3, 0.4) is 0 Å². The van der Waals surface area contributed by atoms with Gasteiger partial charge >= 0.3 is 0 Å². The predicted octanol–water partition coefficient (Wildman–Crippen LogP) is 5.89. The molecule has 2 aliphatic rings. The maximum Gasteiger partial charge on any atom is 0.283 e. The molecular formula is C27H26N4O2S. The summed E-state index contributed by atoms with van der Waals surface area (Å²) in [5.74, 6) is 0.727. The van der Waals surface area contributed by atoms with Gasteiger partial charge in [0.25, 0.3) is 5.91 Å². The number of allylic oxidation sites excluding steroid dienone is 1. The molecule has 2 aliphatic heterocycles. The topological polar surface area (TPSA) is 70.7 Å². The zero-order chi connectivity index (χ0) is 23.8. The van der Waals surface area contributed by atoms with Crippen LogP contribution in [0.1, 0.15) is 30.0 Å². The van der Waals surface area contributed by atoms with Crippen LogP contribution in [0.2, 0.25) is 0 Å². The van der Waals surface area contributed by atoms with Gasteiger partial charge in [0.2, 0.25) is 0 Å². The van der Waals surface area contributed by atoms with Crippen LogP contribution in [0, 0.1) is 19.3 Å². The van der Waals surface area contributed by atoms with Crippen LogP contribution in [-0.4, -0.2) is 33.0 Å². The Morgan fingerprint density at radius 2 is 1.97 bits per heavy atom. The number of nitrogens with one attached hydrogen (secondary N) is 1. The first-order valence-electron chi connectivity index (χ1n) is 11.3. The number of carbonyl (C=O) groups excluding carboxylic acids is 1. The van der Waals surface area contributed by atoms with Crippen molar-refractivity contribution in [3.8, 4) is 5.75 Å². The summed E-state index contributed by atoms with van der Waals surface area (Å²) < 4.78 is 8.22. The standard InChI is InChI=1S/C27H26N4O2S/c1-17-9-10-18(2)24(13-17)33-12-6-11-30-16-20(21-7-4-5-8-23(21)30)14-22-25(28)31-15-19(3)34-27(31)29-26(22)32/h4-5,7-10,13-16,28H,6,11-12H2,1-3H3. The quantitative estimate of drug-likeness (QED) is 0.360. The molecule has 3 aromatic rings. The number of hydrogen-bond acceptors (Lipinski definition) is 4. The number of aromatic nitrogens is 1. The van der Waals surface area contributed by atoms with E-state index in [4.69, 9.17) is 10.1 Å². The van der Waals surface area contributed by atoms with Crippen LogP contribution in [0.15, 0.2) is 70.3 Å². The molecule has 0 saturated carbocycles. The highest BCUT2D eigenvalue weighted by molar-refractivity contribution is 8.17. The minimum Gasteiger partial charge on any atom is -0.493 e. The highest BCUT2D eigenvalue weighted by Gasteiger charge is 2.33. The molecule has 2 aromatic carbocycles. The molecule has 0 unspecified atom stereocenters. The van der Waals surface area contributed by atoms with E-state index in [0.29, 0.717) is 17.3 Å². The molecular weight excluding hydrogens is 444 g/mol. The number of aryl methyl sites for hydroxylation is 3. The molecule has 0 atom stereocenters. The summed E-state index contributed by atoms with van der Waals surface area (Å²) in [7, 11) is 0. The van der Waals surface area contributed by atoms with E-state index in [9.17, 15) is 4.79 Å². The van der Waals surface area contributed by atoms with Crippen molar-refractivity contribution in [3.63, 3.8) is 0 Å². The van der Waals surface area contributed by atoms with Gasteiger partial charge in [-0.3, -0.25) is 15.1 Å². The maximum absolute atomic E-state index is 12.7. The van der Waals surface area contributed by atoms with Crippen LogP contribution in [0.5, 0.6) is 5.75 Å². The lowest BCUT2D eigenvalue weighted by atomic mass is 10.1. The smallest absolute Gasteiger partial charge is 0.283 e. The fourth-order valence-corrected chi connectivity index (χ4v) is 5.03. The number of hydrogen-bond donors (Lipinski definition) is 1. The Labute approximate surface area is 203 Å². The van der Waals surface area contributed by atoms with Crippen molar-refractivity contribution in [2.45, 2.75) is 33.7 Å². The van der Waals surface area contributed by atoms with Gasteiger partial charge in [-0.25, -0.2) is 0 Å². The third-order valence-electron chi connectivity index (χ3n) is 5.96. The Hall–Kier alpha value is -3.58. The second-order valence-electron chi connectivity index (χ2n) is 8.58. The lowest BCUT2D eigenvalue weighted by Crippen LogP contribution is -2.35. The predicted molar refractivity (Wildman–Crippen MR) is 139 cm³/mol. The van der Waals surface area contributed by atoms with Gasteiger partial charge in [-0.2, -0.15) is 4.99 Å². The van der Waals surface area contributed by atoms with E-state index in [1.54, 1.807) is 11.0 Å². The summed E-state index contributed by atoms with van der Waals surface area (Å²) >= 11 is 1.42. The number of amides is 1. The van der Waals surface area contributed by atoms with Gasteiger partial charge in [0, 0.05) is 40.3 Å². The third kappa shape index (κ3) is 4.19. The highest BCUT2D eigenvalue weighted by Crippen LogP contribution is 2.33. The Balaban J connectivity index is 1.37. The Morgan fingerprint density at radius 1 is 1.15 bits per heavy atom. The number of ether oxygens (including phenoxy) is 1. The summed E-state index contributed by atoms with van der Waals surface area (Å²) in [6.45, 7) is 7.48. The molecule has 1 N–H and O–H groups in total. The maximum atomic E-state index is 12.7. The molecule has 0 spiro atoms. The number of nitrogens with zero attached hydrogens (tertiary/aromatic N) is 3. The van der Waals surface area contributed by atoms with Gasteiger partial charge < -0.3 is 9.30 Å². The molecule has 5 rings (SSSR count). The van der Waals surface area contributed by atoms with Crippen LogP contribution >= 0.6 is 11.8 Å². The van der Waals surface area contributed by atoms with Crippen LogP contribution in [0.25, 0.3) is 17.0 Å². The summed E-state index contributed by atoms with van der Waals surface area (Å²) in [4.78, 5) is 19.6. The normalized spacial score (nSPS) is 16.8. The number of fused-ring (bicyclic) bond motifs is 2. The van der Waals surface area contributed by atoms with E-state index >= 15 is 0 Å². The first kappa shape index (κ1) is 22.2. The van der Waals surface area contributed by atoms with Crippen molar-refractivity contribution in [2.75, 3.05) is 6.61 Å². The molecule has 1 aromatic heterocycles. The van der Waals surface area contributed by atoms with Gasteiger partial charge in [0.1, 0.15) is 11.6 Å². The highest BCUT2D eigenvalue weighted by atomic mass is 32.2. The molecule has 172 valence electrons. The van der Waals surface area contributed by atoms with E-state index in [-0.39, 0.29) is 11.7 Å². The van der Waals surface area contributed by atoms with Crippen molar-refractivity contribution < 1.29 is 9.53 Å². The monoisotopic (exact) mass is 470 g/mol. The lowest BCUT2D eigenvalue weighted by molar-refractivity contribution is -0.114. The zero-order valence-electron chi connectivity index (χ0n) is 19.5. The SMILES string of the molecule is CC1=CN2C(=N)C(=Cc3cn(CCCOc4cc(C)ccc4C)c4ccccc34)C(=O)N=C2S1. The fourth-order valence-electron chi connectivity index (χ4n) is 4.21. The molecule has 0 aliphatic carbocycles. The van der Waals surface area contributed by atoms with E-state index in [1.165, 1.54) is 17.3 Å². The summed E-state index contributed by atoms with van der Waals surface area (Å²) in [6, 6.07) is 14.4. The Bertz CT molecular complexity index is 1410. The van der Waals surface area contributed by atoms with Crippen molar-refractivity contribution in [3.05, 3.63) is 82.0 Å². The number of aliphatic imine (C=N–C) groups is 1. The molecule has 1 amide bonds. The summed E-state index contributed by atoms with van der Waals surface area (Å²) in [5, 5.41) is 10.2. The van der Waals surface area contributed by atoms with E-state index in [1.807, 2.05) is 31.3 Å². The third-order valence-corrected chi connectivity index (χ3v) is 6.85. The average molecular weight is 471 g/mol. The Morgan fingerprint density at radius 3 is 2.82 bits per heavy atom. The van der Waals surface area contributed by atoms with Crippen molar-refractivity contribution in [1.29, 1.82) is 5.41 Å². The van der Waals surface area contributed by atoms with E-state index < -0.39 is 0 Å². The molecule has 3 heterocycles. The van der Waals surface area contributed by atoms with E-state index in [0.717, 1.165) is 45.7 Å². The van der Waals surface area contributed by atoms with Gasteiger partial charge in [-0.15, -0.1) is 0 Å². The Kier molecular flexibility index (Phi) is 5.87. The molecule has 0 bridgehead atoms. The molecule has 0 saturated heterocycles. The van der Waals surface area contributed by atoms with Gasteiger partial charge in [-0.1, -0.05) is 42.1 Å². The minimum atomic E-state index is -0.370. The molecule has 0 fully saturated rings. The van der Waals surface area contributed by atoms with Crippen molar-refractivity contribution in [1.82, 2.24) is 9.47 Å². The molecule has 0 radical (unpaired) electrons. The number of benzene rings is 2. The second-order valence-corrected chi connectivity index (χ2v) is 9.80. The molecule has 34 heavy (non-hydrogen) atoms. The lowest BCUT2D eigenvalue weighted by Gasteiger charge is -2.22. The number of rotatable bonds is 6. The van der Waals surface area contributed by atoms with Gasteiger partial charge in [0.15, 0.2) is 5.17 Å². The van der Waals surface area contributed by atoms with Crippen molar-refractivity contribution >= 4 is 45.7 Å². The first-order valence-corrected chi connectivity index (χ1v) is 12.1. The summed E-state index contributed by atoms with van der Waals surface area (Å²) in [6.07, 6.45) is 6.54. The zero-order valence-corrected chi connectivity index (χ0v) is 20.3. The number of carbonyl (C=O) groups is 1. The van der Waals surface area contributed by atoms with Gasteiger partial charge in [-0.05, 0) is 56.5 Å². The molecule has 7 heteroatoms. The number of para-hydroxylation sites is 1. The largest absolute Gasteiger partial charge is 0.493 e. The van der Waals surface area contributed by atoms with Gasteiger partial charge in [0.05, 0.1) is 12.2 Å². The first-order chi connectivity index (χ1) is 16.4. The summed E-state index contributed by atoms with van der Waals surface area (Å²) in [5.41, 5.74) is 4.62. The second kappa shape index (κ2) is 8.99. The molecule has 6 nitrogen and oxygen atoms in total. The minimum absolute atomic E-state index is 0.165. The number of amidine groups is 2. The van der Waals surface area contributed by atoms with Crippen LogP contribution < -0.4 is 4.74 Å². The average Bonchev–Trinajstić information content (AvgIpc) is 3.36. The van der Waals surface area contributed by atoms with Crippen LogP contribution in [0.4, 0.5) is 0 Å². The number of thioether (sulfide) groups is 1. The van der Waals surface area contributed by atoms with Crippen molar-refractivity contribution in [2.24, 2.45) is 4.99 Å². The van der Waals surface area contributed by atoms with Crippen LogP contribution in [-0.2, 0) is 11.3 Å². The fraction of sp³-hybridized carbons (Fsp3) is 0.222. The van der Waals surface area contributed by atoms with E-state index in [2.05, 4.69) is 53.9 Å².